The summed E-state index contributed by atoms with van der Waals surface area (Å²) in [4.78, 5) is 2.23. The van der Waals surface area contributed by atoms with Gasteiger partial charge < -0.3 is 10.6 Å². The van der Waals surface area contributed by atoms with Crippen molar-refractivity contribution in [3.05, 3.63) is 60.2 Å². The summed E-state index contributed by atoms with van der Waals surface area (Å²) in [7, 11) is 2.09. The van der Waals surface area contributed by atoms with Crippen LogP contribution in [-0.4, -0.2) is 13.6 Å². The van der Waals surface area contributed by atoms with Gasteiger partial charge >= 0.3 is 0 Å². The smallest absolute Gasteiger partial charge is 0.0384 e. The molecular weight excluding hydrogens is 208 g/mol. The Morgan fingerprint density at radius 2 is 1.76 bits per heavy atom. The molecule has 0 unspecified atom stereocenters. The highest BCUT2D eigenvalue weighted by molar-refractivity contribution is 5.55. The predicted octanol–water partition coefficient (Wildman–Crippen LogP) is 2.95. The van der Waals surface area contributed by atoms with Crippen LogP contribution in [0.4, 0.5) is 11.4 Å². The third-order valence-corrected chi connectivity index (χ3v) is 2.89. The molecule has 2 aromatic rings. The zero-order valence-electron chi connectivity index (χ0n) is 10.1. The number of hydrogen-bond acceptors (Lipinski definition) is 2. The average Bonchev–Trinajstić information content (AvgIpc) is 2.37. The van der Waals surface area contributed by atoms with E-state index in [9.17, 15) is 0 Å². The second kappa shape index (κ2) is 5.39. The van der Waals surface area contributed by atoms with Gasteiger partial charge in [-0.15, -0.1) is 0 Å². The molecule has 17 heavy (non-hydrogen) atoms. The Morgan fingerprint density at radius 3 is 2.47 bits per heavy atom. The van der Waals surface area contributed by atoms with Crippen molar-refractivity contribution < 1.29 is 0 Å². The second-order valence-corrected chi connectivity index (χ2v) is 4.25. The number of rotatable bonds is 4. The summed E-state index contributed by atoms with van der Waals surface area (Å²) >= 11 is 0. The van der Waals surface area contributed by atoms with Crippen LogP contribution in [0.2, 0.25) is 0 Å². The van der Waals surface area contributed by atoms with Gasteiger partial charge in [0.15, 0.2) is 0 Å². The highest BCUT2D eigenvalue weighted by Crippen LogP contribution is 2.16. The monoisotopic (exact) mass is 226 g/mol. The Morgan fingerprint density at radius 1 is 1.00 bits per heavy atom. The summed E-state index contributed by atoms with van der Waals surface area (Å²) in [6.45, 7) is 0.994. The first-order chi connectivity index (χ1) is 8.25. The van der Waals surface area contributed by atoms with Gasteiger partial charge in [0.05, 0.1) is 0 Å². The predicted molar refractivity (Wildman–Crippen MR) is 74.3 cm³/mol. The maximum atomic E-state index is 5.78. The van der Waals surface area contributed by atoms with E-state index in [1.807, 2.05) is 24.3 Å². The zero-order chi connectivity index (χ0) is 12.1. The van der Waals surface area contributed by atoms with Crippen molar-refractivity contribution in [1.82, 2.24) is 0 Å². The molecule has 88 valence electrons. The maximum absolute atomic E-state index is 5.78. The molecule has 2 rings (SSSR count). The molecule has 0 radical (unpaired) electrons. The lowest BCUT2D eigenvalue weighted by Gasteiger charge is -2.19. The molecule has 0 atom stereocenters. The summed E-state index contributed by atoms with van der Waals surface area (Å²) in [6, 6.07) is 18.5. The number of nitrogens with zero attached hydrogens (tertiary/aromatic N) is 1. The van der Waals surface area contributed by atoms with E-state index >= 15 is 0 Å². The van der Waals surface area contributed by atoms with E-state index in [1.165, 1.54) is 11.3 Å². The number of hydrogen-bond donors (Lipinski definition) is 1. The number of likely N-dealkylation sites (N-methyl/N-ethyl adjacent to an activating group) is 1. The maximum Gasteiger partial charge on any atom is 0.0384 e. The molecule has 2 nitrogen and oxygen atoms in total. The largest absolute Gasteiger partial charge is 0.399 e. The van der Waals surface area contributed by atoms with E-state index in [-0.39, 0.29) is 0 Å². The van der Waals surface area contributed by atoms with E-state index in [2.05, 4.69) is 42.3 Å². The van der Waals surface area contributed by atoms with Crippen molar-refractivity contribution in [3.63, 3.8) is 0 Å². The normalized spacial score (nSPS) is 10.2. The van der Waals surface area contributed by atoms with E-state index in [0.29, 0.717) is 0 Å². The van der Waals surface area contributed by atoms with E-state index in [1.54, 1.807) is 0 Å². The van der Waals surface area contributed by atoms with Crippen LogP contribution in [0.25, 0.3) is 0 Å². The second-order valence-electron chi connectivity index (χ2n) is 4.25. The van der Waals surface area contributed by atoms with Gasteiger partial charge in [-0.1, -0.05) is 36.4 Å². The molecule has 0 amide bonds. The van der Waals surface area contributed by atoms with Crippen molar-refractivity contribution in [1.29, 1.82) is 0 Å². The number of anilines is 2. The van der Waals surface area contributed by atoms with Crippen LogP contribution >= 0.6 is 0 Å². The van der Waals surface area contributed by atoms with E-state index in [0.717, 1.165) is 18.7 Å². The molecule has 0 saturated heterocycles. The minimum Gasteiger partial charge on any atom is -0.399 e. The van der Waals surface area contributed by atoms with Gasteiger partial charge in [0.1, 0.15) is 0 Å². The fourth-order valence-corrected chi connectivity index (χ4v) is 1.83. The Bertz CT molecular complexity index is 465. The lowest BCUT2D eigenvalue weighted by molar-refractivity contribution is 0.877. The standard InChI is InChI=1S/C15H18N2/c1-17(15-9-5-8-14(16)12-15)11-10-13-6-3-2-4-7-13/h2-9,12H,10-11,16H2,1H3. The van der Waals surface area contributed by atoms with E-state index < -0.39 is 0 Å². The van der Waals surface area contributed by atoms with Crippen molar-refractivity contribution in [2.24, 2.45) is 0 Å². The highest BCUT2D eigenvalue weighted by atomic mass is 15.1. The van der Waals surface area contributed by atoms with Gasteiger partial charge in [0, 0.05) is 25.0 Å². The van der Waals surface area contributed by atoms with Crippen LogP contribution < -0.4 is 10.6 Å². The molecule has 2 N–H and O–H groups in total. The lowest BCUT2D eigenvalue weighted by Crippen LogP contribution is -2.20. The third kappa shape index (κ3) is 3.25. The third-order valence-electron chi connectivity index (χ3n) is 2.89. The SMILES string of the molecule is CN(CCc1ccccc1)c1cccc(N)c1. The summed E-state index contributed by atoms with van der Waals surface area (Å²) in [5.74, 6) is 0. The first-order valence-electron chi connectivity index (χ1n) is 5.86. The van der Waals surface area contributed by atoms with Gasteiger partial charge in [0.2, 0.25) is 0 Å². The van der Waals surface area contributed by atoms with Crippen molar-refractivity contribution >= 4 is 11.4 Å². The first kappa shape index (κ1) is 11.5. The van der Waals surface area contributed by atoms with Crippen molar-refractivity contribution in [2.75, 3.05) is 24.2 Å². The zero-order valence-corrected chi connectivity index (χ0v) is 10.1. The quantitative estimate of drug-likeness (QED) is 0.812. The molecule has 0 aliphatic heterocycles. The summed E-state index contributed by atoms with van der Waals surface area (Å²) < 4.78 is 0. The molecule has 2 aromatic carbocycles. The Balaban J connectivity index is 1.96. The molecular formula is C15H18N2. The molecule has 0 bridgehead atoms. The van der Waals surface area contributed by atoms with Crippen molar-refractivity contribution in [3.8, 4) is 0 Å². The van der Waals surface area contributed by atoms with E-state index in [4.69, 9.17) is 5.73 Å². The van der Waals surface area contributed by atoms with Crippen LogP contribution in [-0.2, 0) is 6.42 Å². The summed E-state index contributed by atoms with van der Waals surface area (Å²) in [6.07, 6.45) is 1.05. The molecule has 0 aromatic heterocycles. The van der Waals surface area contributed by atoms with Crippen molar-refractivity contribution in [2.45, 2.75) is 6.42 Å². The molecule has 0 fully saturated rings. The Labute approximate surface area is 103 Å². The van der Waals surface area contributed by atoms with Gasteiger partial charge in [-0.2, -0.15) is 0 Å². The molecule has 0 spiro atoms. The molecule has 0 saturated carbocycles. The highest BCUT2D eigenvalue weighted by Gasteiger charge is 2.01. The van der Waals surface area contributed by atoms with Crippen LogP contribution in [0.1, 0.15) is 5.56 Å². The molecule has 0 heterocycles. The van der Waals surface area contributed by atoms with Gasteiger partial charge in [-0.05, 0) is 30.2 Å². The minimum atomic E-state index is 0.814. The molecule has 0 aliphatic carbocycles. The van der Waals surface area contributed by atoms with Crippen LogP contribution in [0.15, 0.2) is 54.6 Å². The number of benzene rings is 2. The fourth-order valence-electron chi connectivity index (χ4n) is 1.83. The van der Waals surface area contributed by atoms with Crippen LogP contribution in [0.3, 0.4) is 0 Å². The number of nitrogens with two attached hydrogens (primary N) is 1. The van der Waals surface area contributed by atoms with Gasteiger partial charge in [-0.3, -0.25) is 0 Å². The Hall–Kier alpha value is -1.96. The number of nitrogen functional groups attached to an aromatic ring is 1. The van der Waals surface area contributed by atoms with Crippen LogP contribution in [0.5, 0.6) is 0 Å². The van der Waals surface area contributed by atoms with Gasteiger partial charge in [-0.25, -0.2) is 0 Å². The fraction of sp³-hybridized carbons (Fsp3) is 0.200. The average molecular weight is 226 g/mol. The topological polar surface area (TPSA) is 29.3 Å². The lowest BCUT2D eigenvalue weighted by atomic mass is 10.1. The minimum absolute atomic E-state index is 0.814. The summed E-state index contributed by atoms with van der Waals surface area (Å²) in [5, 5.41) is 0. The Kier molecular flexibility index (Phi) is 3.66. The molecule has 0 aliphatic rings. The molecule has 2 heteroatoms. The summed E-state index contributed by atoms with van der Waals surface area (Å²) in [5.41, 5.74) is 9.12. The van der Waals surface area contributed by atoms with Gasteiger partial charge in [0.25, 0.3) is 0 Å². The van der Waals surface area contributed by atoms with Crippen LogP contribution in [0, 0.1) is 0 Å². The first-order valence-corrected chi connectivity index (χ1v) is 5.86.